The molecule has 0 saturated carbocycles. The van der Waals surface area contributed by atoms with E-state index < -0.39 is 0 Å². The topological polar surface area (TPSA) is 0 Å². The Morgan fingerprint density at radius 1 is 0.200 bits per heavy atom. The highest BCUT2D eigenvalue weighted by atomic mass is 14.2. The van der Waals surface area contributed by atoms with Gasteiger partial charge in [-0.1, -0.05) is 164 Å². The molecule has 0 unspecified atom stereocenters. The first kappa shape index (κ1) is 28.5. The van der Waals surface area contributed by atoms with E-state index in [1.54, 1.807) is 0 Å². The van der Waals surface area contributed by atoms with Gasteiger partial charge in [0.25, 0.3) is 0 Å². The van der Waals surface area contributed by atoms with E-state index in [2.05, 4.69) is 194 Å². The van der Waals surface area contributed by atoms with Crippen LogP contribution >= 0.6 is 0 Å². The van der Waals surface area contributed by atoms with Gasteiger partial charge in [-0.3, -0.25) is 0 Å². The van der Waals surface area contributed by atoms with Crippen LogP contribution in [0.5, 0.6) is 0 Å². The summed E-state index contributed by atoms with van der Waals surface area (Å²) in [5, 5.41) is 12.7. The van der Waals surface area contributed by atoms with Crippen LogP contribution in [0, 0.1) is 0 Å². The van der Waals surface area contributed by atoms with E-state index in [1.807, 2.05) is 0 Å². The zero-order chi connectivity index (χ0) is 33.0. The molecule has 0 N–H and O–H groups in total. The van der Waals surface area contributed by atoms with Crippen molar-refractivity contribution in [1.29, 1.82) is 0 Å². The molecule has 0 fully saturated rings. The lowest BCUT2D eigenvalue weighted by molar-refractivity contribution is 1.58. The molecule has 0 aliphatic carbocycles. The number of hydrogen-bond acceptors (Lipinski definition) is 0. The van der Waals surface area contributed by atoms with Gasteiger partial charge in [0.15, 0.2) is 0 Å². The normalized spacial score (nSPS) is 11.6. The molecule has 0 heterocycles. The van der Waals surface area contributed by atoms with E-state index in [0.717, 1.165) is 0 Å². The fourth-order valence-corrected chi connectivity index (χ4v) is 8.09. The highest BCUT2D eigenvalue weighted by Gasteiger charge is 2.19. The van der Waals surface area contributed by atoms with Gasteiger partial charge in [-0.05, 0) is 129 Å². The van der Waals surface area contributed by atoms with Gasteiger partial charge >= 0.3 is 0 Å². The van der Waals surface area contributed by atoms with Gasteiger partial charge in [-0.15, -0.1) is 0 Å². The van der Waals surface area contributed by atoms with Crippen molar-refractivity contribution in [3.63, 3.8) is 0 Å². The standard InChI is InChI=1S/C50H32/c1-3-14-33(15-4-1)38-28-39(34-16-5-2-6-17-34)30-40(29-38)49-42-21-9-11-23-44(42)50(45-24-12-10-22-43(45)49)46-25-13-19-36-31-47-37(32-48(36)46)27-26-35-18-7-8-20-41(35)47/h1-32H. The molecule has 0 radical (unpaired) electrons. The zero-order valence-electron chi connectivity index (χ0n) is 27.5. The van der Waals surface area contributed by atoms with Crippen LogP contribution in [-0.2, 0) is 0 Å². The Kier molecular flexibility index (Phi) is 6.60. The van der Waals surface area contributed by atoms with Crippen LogP contribution in [0.15, 0.2) is 194 Å². The van der Waals surface area contributed by atoms with Gasteiger partial charge in [0, 0.05) is 0 Å². The number of hydrogen-bond donors (Lipinski definition) is 0. The Bertz CT molecular complexity index is 2780. The summed E-state index contributed by atoms with van der Waals surface area (Å²) in [6.07, 6.45) is 0. The van der Waals surface area contributed by atoms with Crippen LogP contribution in [0.1, 0.15) is 0 Å². The Labute approximate surface area is 291 Å². The van der Waals surface area contributed by atoms with Crippen molar-refractivity contribution in [3.8, 4) is 44.5 Å². The van der Waals surface area contributed by atoms with Gasteiger partial charge in [-0.25, -0.2) is 0 Å². The molecule has 10 aromatic carbocycles. The van der Waals surface area contributed by atoms with Crippen molar-refractivity contribution in [2.24, 2.45) is 0 Å². The Hall–Kier alpha value is -6.50. The van der Waals surface area contributed by atoms with E-state index in [4.69, 9.17) is 0 Å². The molecule has 10 aromatic rings. The lowest BCUT2D eigenvalue weighted by Gasteiger charge is -2.20. The predicted molar refractivity (Wildman–Crippen MR) is 216 cm³/mol. The SMILES string of the molecule is c1ccc(-c2cc(-c3ccccc3)cc(-c3c4ccccc4c(-c4cccc5cc6c(ccc7ccccc76)cc45)c4ccccc34)c2)cc1. The first-order valence-corrected chi connectivity index (χ1v) is 17.3. The maximum absolute atomic E-state index is 2.40. The fraction of sp³-hybridized carbons (Fsp3) is 0. The number of fused-ring (bicyclic) bond motifs is 6. The minimum absolute atomic E-state index is 1.22. The maximum atomic E-state index is 2.40. The molecule has 0 bridgehead atoms. The first-order chi connectivity index (χ1) is 24.8. The summed E-state index contributed by atoms with van der Waals surface area (Å²) in [5.74, 6) is 0. The van der Waals surface area contributed by atoms with Crippen molar-refractivity contribution in [1.82, 2.24) is 0 Å². The summed E-state index contributed by atoms with van der Waals surface area (Å²) in [7, 11) is 0. The van der Waals surface area contributed by atoms with E-state index >= 15 is 0 Å². The molecular weight excluding hydrogens is 601 g/mol. The van der Waals surface area contributed by atoms with Crippen LogP contribution in [0.4, 0.5) is 0 Å². The fourth-order valence-electron chi connectivity index (χ4n) is 8.09. The smallest absolute Gasteiger partial charge is 0.00201 e. The summed E-state index contributed by atoms with van der Waals surface area (Å²) in [6.45, 7) is 0. The Balaban J connectivity index is 1.28. The lowest BCUT2D eigenvalue weighted by atomic mass is 9.83. The molecule has 0 aliphatic heterocycles. The second kappa shape index (κ2) is 11.6. The van der Waals surface area contributed by atoms with Crippen LogP contribution < -0.4 is 0 Å². The average molecular weight is 633 g/mol. The largest absolute Gasteiger partial charge is 0.0622 e. The number of rotatable bonds is 4. The van der Waals surface area contributed by atoms with Crippen molar-refractivity contribution < 1.29 is 0 Å². The second-order valence-electron chi connectivity index (χ2n) is 13.3. The molecule has 0 aromatic heterocycles. The molecule has 0 amide bonds. The van der Waals surface area contributed by atoms with Crippen LogP contribution in [0.2, 0.25) is 0 Å². The predicted octanol–water partition coefficient (Wildman–Crippen LogP) is 14.1. The summed E-state index contributed by atoms with van der Waals surface area (Å²) in [4.78, 5) is 0. The Morgan fingerprint density at radius 2 is 0.640 bits per heavy atom. The van der Waals surface area contributed by atoms with E-state index in [1.165, 1.54) is 98.4 Å². The minimum Gasteiger partial charge on any atom is -0.0622 e. The van der Waals surface area contributed by atoms with Gasteiger partial charge in [0.2, 0.25) is 0 Å². The summed E-state index contributed by atoms with van der Waals surface area (Å²) >= 11 is 0. The van der Waals surface area contributed by atoms with Gasteiger partial charge < -0.3 is 0 Å². The van der Waals surface area contributed by atoms with E-state index in [-0.39, 0.29) is 0 Å². The maximum Gasteiger partial charge on any atom is -0.00201 e. The summed E-state index contributed by atoms with van der Waals surface area (Å²) in [5.41, 5.74) is 9.90. The minimum atomic E-state index is 1.22. The third kappa shape index (κ3) is 4.61. The van der Waals surface area contributed by atoms with Gasteiger partial charge in [-0.2, -0.15) is 0 Å². The second-order valence-corrected chi connectivity index (χ2v) is 13.3. The highest BCUT2D eigenvalue weighted by Crippen LogP contribution is 2.47. The van der Waals surface area contributed by atoms with Crippen molar-refractivity contribution in [2.75, 3.05) is 0 Å². The highest BCUT2D eigenvalue weighted by molar-refractivity contribution is 6.24. The zero-order valence-corrected chi connectivity index (χ0v) is 27.5. The molecule has 0 nitrogen and oxygen atoms in total. The summed E-state index contributed by atoms with van der Waals surface area (Å²) < 4.78 is 0. The molecule has 0 heteroatoms. The third-order valence-electron chi connectivity index (χ3n) is 10.4. The summed E-state index contributed by atoms with van der Waals surface area (Å²) in [6, 6.07) is 71.4. The molecular formula is C50H32. The Morgan fingerprint density at radius 3 is 1.26 bits per heavy atom. The lowest BCUT2D eigenvalue weighted by Crippen LogP contribution is -1.93. The first-order valence-electron chi connectivity index (χ1n) is 17.3. The molecule has 10 rings (SSSR count). The van der Waals surface area contributed by atoms with E-state index in [9.17, 15) is 0 Å². The van der Waals surface area contributed by atoms with Gasteiger partial charge in [0.05, 0.1) is 0 Å². The van der Waals surface area contributed by atoms with Gasteiger partial charge in [0.1, 0.15) is 0 Å². The third-order valence-corrected chi connectivity index (χ3v) is 10.4. The van der Waals surface area contributed by atoms with E-state index in [0.29, 0.717) is 0 Å². The van der Waals surface area contributed by atoms with Crippen molar-refractivity contribution >= 4 is 53.9 Å². The number of benzene rings is 10. The molecule has 0 saturated heterocycles. The van der Waals surface area contributed by atoms with Crippen LogP contribution in [-0.4, -0.2) is 0 Å². The molecule has 0 spiro atoms. The molecule has 0 atom stereocenters. The molecule has 0 aliphatic rings. The van der Waals surface area contributed by atoms with Crippen molar-refractivity contribution in [2.45, 2.75) is 0 Å². The average Bonchev–Trinajstić information content (AvgIpc) is 3.19. The van der Waals surface area contributed by atoms with Crippen LogP contribution in [0.3, 0.4) is 0 Å². The quantitative estimate of drug-likeness (QED) is 0.134. The molecule has 232 valence electrons. The monoisotopic (exact) mass is 632 g/mol. The van der Waals surface area contributed by atoms with Crippen LogP contribution in [0.25, 0.3) is 98.4 Å². The molecule has 50 heavy (non-hydrogen) atoms. The van der Waals surface area contributed by atoms with Crippen molar-refractivity contribution in [3.05, 3.63) is 194 Å².